The summed E-state index contributed by atoms with van der Waals surface area (Å²) in [6, 6.07) is 10.5. The van der Waals surface area contributed by atoms with Crippen LogP contribution in [0.4, 0.5) is 5.82 Å². The van der Waals surface area contributed by atoms with Crippen LogP contribution in [0.3, 0.4) is 0 Å². The van der Waals surface area contributed by atoms with E-state index in [0.717, 1.165) is 25.1 Å². The van der Waals surface area contributed by atoms with Gasteiger partial charge < -0.3 is 15.3 Å². The molecule has 1 saturated heterocycles. The van der Waals surface area contributed by atoms with Gasteiger partial charge in [0.2, 0.25) is 0 Å². The third-order valence-electron chi connectivity index (χ3n) is 5.95. The Kier molecular flexibility index (Phi) is 4.68. The molecule has 1 aromatic carbocycles. The number of rotatable bonds is 3. The van der Waals surface area contributed by atoms with Crippen molar-refractivity contribution in [2.45, 2.75) is 44.7 Å². The lowest BCUT2D eigenvalue weighted by Gasteiger charge is -2.38. The summed E-state index contributed by atoms with van der Waals surface area (Å²) in [5.41, 5.74) is 1.69. The maximum Gasteiger partial charge on any atom is 0.259 e. The normalized spacial score (nSPS) is 22.2. The van der Waals surface area contributed by atoms with Crippen molar-refractivity contribution in [3.8, 4) is 0 Å². The van der Waals surface area contributed by atoms with E-state index in [1.165, 1.54) is 5.56 Å². The summed E-state index contributed by atoms with van der Waals surface area (Å²) < 4.78 is 1.96. The quantitative estimate of drug-likeness (QED) is 0.874. The fourth-order valence-electron chi connectivity index (χ4n) is 4.28. The molecule has 27 heavy (non-hydrogen) atoms. The SMILES string of the molecule is CC1(C)CC(c2ccccc2)Nc2c(C(=O)N3CCC(CO)CC3)cnn21. The number of amides is 1. The molecule has 6 heteroatoms. The molecule has 1 fully saturated rings. The van der Waals surface area contributed by atoms with E-state index in [2.05, 4.69) is 36.4 Å². The number of hydrogen-bond acceptors (Lipinski definition) is 4. The van der Waals surface area contributed by atoms with E-state index in [-0.39, 0.29) is 24.1 Å². The minimum absolute atomic E-state index is 0.0321. The van der Waals surface area contributed by atoms with Crippen LogP contribution >= 0.6 is 0 Å². The highest BCUT2D eigenvalue weighted by Crippen LogP contribution is 2.40. The molecular formula is C21H28N4O2. The summed E-state index contributed by atoms with van der Waals surface area (Å²) in [5.74, 6) is 1.16. The molecule has 3 heterocycles. The van der Waals surface area contributed by atoms with Gasteiger partial charge in [-0.3, -0.25) is 4.79 Å². The largest absolute Gasteiger partial charge is 0.396 e. The summed E-state index contributed by atoms with van der Waals surface area (Å²) in [4.78, 5) is 15.0. The number of piperidine rings is 1. The van der Waals surface area contributed by atoms with Gasteiger partial charge in [0.25, 0.3) is 5.91 Å². The summed E-state index contributed by atoms with van der Waals surface area (Å²) in [6.45, 7) is 5.93. The zero-order valence-electron chi connectivity index (χ0n) is 16.1. The number of aliphatic hydroxyl groups excluding tert-OH is 1. The number of aromatic nitrogens is 2. The van der Waals surface area contributed by atoms with Crippen LogP contribution in [-0.2, 0) is 5.54 Å². The average molecular weight is 368 g/mol. The van der Waals surface area contributed by atoms with Crippen LogP contribution in [0.5, 0.6) is 0 Å². The van der Waals surface area contributed by atoms with Crippen LogP contribution in [0.2, 0.25) is 0 Å². The molecule has 1 aromatic heterocycles. The van der Waals surface area contributed by atoms with Gasteiger partial charge in [0, 0.05) is 19.7 Å². The molecule has 1 atom stereocenters. The van der Waals surface area contributed by atoms with Crippen molar-refractivity contribution >= 4 is 11.7 Å². The van der Waals surface area contributed by atoms with E-state index in [9.17, 15) is 9.90 Å². The van der Waals surface area contributed by atoms with Gasteiger partial charge in [0.05, 0.1) is 17.8 Å². The number of carbonyl (C=O) groups is 1. The van der Waals surface area contributed by atoms with Gasteiger partial charge in [-0.25, -0.2) is 4.68 Å². The number of hydrogen-bond donors (Lipinski definition) is 2. The monoisotopic (exact) mass is 368 g/mol. The number of nitrogens with zero attached hydrogens (tertiary/aromatic N) is 3. The second-order valence-electron chi connectivity index (χ2n) is 8.36. The summed E-state index contributed by atoms with van der Waals surface area (Å²) in [7, 11) is 0. The van der Waals surface area contributed by atoms with Crippen molar-refractivity contribution in [1.29, 1.82) is 0 Å². The first-order valence-corrected chi connectivity index (χ1v) is 9.80. The molecule has 2 aliphatic heterocycles. The van der Waals surface area contributed by atoms with E-state index >= 15 is 0 Å². The number of benzene rings is 1. The van der Waals surface area contributed by atoms with Crippen LogP contribution in [0, 0.1) is 5.92 Å². The van der Waals surface area contributed by atoms with Crippen LogP contribution in [0.15, 0.2) is 36.5 Å². The molecule has 0 saturated carbocycles. The predicted molar refractivity (Wildman–Crippen MR) is 105 cm³/mol. The van der Waals surface area contributed by atoms with E-state index in [1.807, 2.05) is 27.8 Å². The van der Waals surface area contributed by atoms with Crippen molar-refractivity contribution < 1.29 is 9.90 Å². The first-order valence-electron chi connectivity index (χ1n) is 9.80. The van der Waals surface area contributed by atoms with Gasteiger partial charge in [0.1, 0.15) is 11.4 Å². The van der Waals surface area contributed by atoms with E-state index in [1.54, 1.807) is 6.20 Å². The zero-order valence-corrected chi connectivity index (χ0v) is 16.1. The van der Waals surface area contributed by atoms with Crippen molar-refractivity contribution in [1.82, 2.24) is 14.7 Å². The Hall–Kier alpha value is -2.34. The Morgan fingerprint density at radius 2 is 1.96 bits per heavy atom. The lowest BCUT2D eigenvalue weighted by atomic mass is 9.89. The van der Waals surface area contributed by atoms with Gasteiger partial charge in [-0.2, -0.15) is 5.10 Å². The Morgan fingerprint density at radius 3 is 2.63 bits per heavy atom. The van der Waals surface area contributed by atoms with Gasteiger partial charge in [-0.15, -0.1) is 0 Å². The van der Waals surface area contributed by atoms with Crippen LogP contribution in [0.1, 0.15) is 55.1 Å². The Balaban J connectivity index is 1.61. The van der Waals surface area contributed by atoms with E-state index < -0.39 is 0 Å². The number of fused-ring (bicyclic) bond motifs is 1. The smallest absolute Gasteiger partial charge is 0.259 e. The molecule has 4 rings (SSSR count). The molecule has 2 N–H and O–H groups in total. The summed E-state index contributed by atoms with van der Waals surface area (Å²) >= 11 is 0. The highest BCUT2D eigenvalue weighted by Gasteiger charge is 2.37. The fourth-order valence-corrected chi connectivity index (χ4v) is 4.28. The third-order valence-corrected chi connectivity index (χ3v) is 5.95. The first-order chi connectivity index (χ1) is 13.0. The Morgan fingerprint density at radius 1 is 1.26 bits per heavy atom. The van der Waals surface area contributed by atoms with Crippen molar-refractivity contribution in [3.63, 3.8) is 0 Å². The van der Waals surface area contributed by atoms with Gasteiger partial charge >= 0.3 is 0 Å². The predicted octanol–water partition coefficient (Wildman–Crippen LogP) is 3.02. The Bertz CT molecular complexity index is 807. The minimum atomic E-state index is -0.177. The lowest BCUT2D eigenvalue weighted by Crippen LogP contribution is -2.41. The number of carbonyl (C=O) groups excluding carboxylic acids is 1. The molecule has 144 valence electrons. The number of likely N-dealkylation sites (tertiary alicyclic amines) is 1. The second kappa shape index (κ2) is 7.00. The molecule has 2 aromatic rings. The molecule has 0 radical (unpaired) electrons. The minimum Gasteiger partial charge on any atom is -0.396 e. The number of nitrogens with one attached hydrogen (secondary N) is 1. The fraction of sp³-hybridized carbons (Fsp3) is 0.524. The topological polar surface area (TPSA) is 70.4 Å². The first kappa shape index (κ1) is 18.0. The van der Waals surface area contributed by atoms with Crippen molar-refractivity contribution in [3.05, 3.63) is 47.7 Å². The molecule has 0 bridgehead atoms. The molecule has 1 unspecified atom stereocenters. The Labute approximate surface area is 160 Å². The highest BCUT2D eigenvalue weighted by atomic mass is 16.3. The molecule has 0 aliphatic carbocycles. The van der Waals surface area contributed by atoms with Gasteiger partial charge in [0.15, 0.2) is 0 Å². The molecule has 6 nitrogen and oxygen atoms in total. The number of anilines is 1. The maximum atomic E-state index is 13.2. The average Bonchev–Trinajstić information content (AvgIpc) is 3.13. The van der Waals surface area contributed by atoms with Gasteiger partial charge in [-0.05, 0) is 44.6 Å². The van der Waals surface area contributed by atoms with Crippen molar-refractivity contribution in [2.24, 2.45) is 5.92 Å². The van der Waals surface area contributed by atoms with Crippen LogP contribution < -0.4 is 5.32 Å². The van der Waals surface area contributed by atoms with Crippen molar-refractivity contribution in [2.75, 3.05) is 25.0 Å². The van der Waals surface area contributed by atoms with Gasteiger partial charge in [-0.1, -0.05) is 30.3 Å². The maximum absolute atomic E-state index is 13.2. The molecule has 2 aliphatic rings. The van der Waals surface area contributed by atoms with E-state index in [4.69, 9.17) is 0 Å². The highest BCUT2D eigenvalue weighted by molar-refractivity contribution is 5.99. The summed E-state index contributed by atoms with van der Waals surface area (Å²) in [6.07, 6.45) is 4.33. The molecule has 1 amide bonds. The lowest BCUT2D eigenvalue weighted by molar-refractivity contribution is 0.0651. The van der Waals surface area contributed by atoms with Crippen LogP contribution in [0.25, 0.3) is 0 Å². The summed E-state index contributed by atoms with van der Waals surface area (Å²) in [5, 5.41) is 17.4. The number of aliphatic hydroxyl groups is 1. The zero-order chi connectivity index (χ0) is 19.0. The van der Waals surface area contributed by atoms with Crippen LogP contribution in [-0.4, -0.2) is 45.4 Å². The third kappa shape index (κ3) is 3.34. The molecular weight excluding hydrogens is 340 g/mol. The van der Waals surface area contributed by atoms with E-state index in [0.29, 0.717) is 24.6 Å². The molecule has 0 spiro atoms. The standard InChI is InChI=1S/C21H28N4O2/c1-21(2)12-18(16-6-4-3-5-7-16)23-19-17(13-22-25(19)21)20(27)24-10-8-15(14-26)9-11-24/h3-7,13,15,18,23,26H,8-12,14H2,1-2H3. The second-order valence-corrected chi connectivity index (χ2v) is 8.36.